The van der Waals surface area contributed by atoms with Crippen molar-refractivity contribution in [3.63, 3.8) is 0 Å². The van der Waals surface area contributed by atoms with Gasteiger partial charge in [-0.2, -0.15) is 5.10 Å². The van der Waals surface area contributed by atoms with Gasteiger partial charge in [-0.3, -0.25) is 14.4 Å². The van der Waals surface area contributed by atoms with E-state index in [0.717, 1.165) is 50.5 Å². The predicted octanol–water partition coefficient (Wildman–Crippen LogP) is 4.07. The minimum Gasteiger partial charge on any atom is -0.336 e. The second-order valence-electron chi connectivity index (χ2n) is 10.1. The quantitative estimate of drug-likeness (QED) is 0.521. The van der Waals surface area contributed by atoms with Crippen LogP contribution in [0.2, 0.25) is 0 Å². The number of piperazine rings is 1. The van der Waals surface area contributed by atoms with Gasteiger partial charge >= 0.3 is 0 Å². The van der Waals surface area contributed by atoms with Gasteiger partial charge in [0.1, 0.15) is 5.69 Å². The van der Waals surface area contributed by atoms with E-state index in [9.17, 15) is 4.79 Å². The number of aromatic nitrogens is 2. The average Bonchev–Trinajstić information content (AvgIpc) is 3.55. The van der Waals surface area contributed by atoms with Gasteiger partial charge in [0.15, 0.2) is 0 Å². The van der Waals surface area contributed by atoms with E-state index in [1.54, 1.807) is 0 Å². The SMILES string of the molecule is Cc1ccc(Cn2cc(C(=O)N3CCN(CCN4CCCC4)CC3)c(-c3ccc(C)cc3)n2)cc1. The lowest BCUT2D eigenvalue weighted by Gasteiger charge is -2.35. The molecule has 2 aliphatic heterocycles. The molecule has 1 amide bonds. The fourth-order valence-electron chi connectivity index (χ4n) is 5.10. The number of carbonyl (C=O) groups is 1. The molecule has 1 aromatic heterocycles. The van der Waals surface area contributed by atoms with Crippen molar-refractivity contribution in [3.05, 3.63) is 77.0 Å². The molecule has 0 atom stereocenters. The highest BCUT2D eigenvalue weighted by Gasteiger charge is 2.27. The highest BCUT2D eigenvalue weighted by Crippen LogP contribution is 2.25. The molecule has 0 radical (unpaired) electrons. The summed E-state index contributed by atoms with van der Waals surface area (Å²) < 4.78 is 1.92. The zero-order chi connectivity index (χ0) is 24.2. The number of benzene rings is 2. The number of hydrogen-bond acceptors (Lipinski definition) is 4. The van der Waals surface area contributed by atoms with Crippen molar-refractivity contribution in [2.75, 3.05) is 52.4 Å². The number of aryl methyl sites for hydroxylation is 2. The highest BCUT2D eigenvalue weighted by atomic mass is 16.2. The first-order valence-corrected chi connectivity index (χ1v) is 13.0. The maximum absolute atomic E-state index is 13.7. The number of likely N-dealkylation sites (tertiary alicyclic amines) is 1. The fraction of sp³-hybridized carbons (Fsp3) is 0.448. The molecule has 5 rings (SSSR count). The van der Waals surface area contributed by atoms with Crippen LogP contribution in [0.15, 0.2) is 54.7 Å². The van der Waals surface area contributed by atoms with E-state index in [1.807, 2.05) is 15.8 Å². The van der Waals surface area contributed by atoms with Crippen LogP contribution in [-0.2, 0) is 6.54 Å². The molecule has 35 heavy (non-hydrogen) atoms. The van der Waals surface area contributed by atoms with Gasteiger partial charge in [0, 0.05) is 51.0 Å². The van der Waals surface area contributed by atoms with E-state index in [0.29, 0.717) is 12.1 Å². The van der Waals surface area contributed by atoms with E-state index in [4.69, 9.17) is 5.10 Å². The van der Waals surface area contributed by atoms with Gasteiger partial charge in [-0.25, -0.2) is 0 Å². The summed E-state index contributed by atoms with van der Waals surface area (Å²) in [5, 5.41) is 4.89. The Bertz CT molecular complexity index is 1120. The first-order chi connectivity index (χ1) is 17.0. The third kappa shape index (κ3) is 5.82. The molecule has 3 aromatic rings. The molecule has 0 spiro atoms. The van der Waals surface area contributed by atoms with Crippen LogP contribution in [0.5, 0.6) is 0 Å². The molecule has 0 N–H and O–H groups in total. The van der Waals surface area contributed by atoms with Crippen molar-refractivity contribution < 1.29 is 4.79 Å². The second-order valence-corrected chi connectivity index (χ2v) is 10.1. The summed E-state index contributed by atoms with van der Waals surface area (Å²) in [6, 6.07) is 16.8. The average molecular weight is 472 g/mol. The van der Waals surface area contributed by atoms with Crippen LogP contribution < -0.4 is 0 Å². The topological polar surface area (TPSA) is 44.6 Å². The monoisotopic (exact) mass is 471 g/mol. The van der Waals surface area contributed by atoms with Gasteiger partial charge in [0.2, 0.25) is 0 Å². The smallest absolute Gasteiger partial charge is 0.257 e. The van der Waals surface area contributed by atoms with Crippen molar-refractivity contribution in [2.45, 2.75) is 33.2 Å². The van der Waals surface area contributed by atoms with E-state index in [-0.39, 0.29) is 5.91 Å². The number of rotatable bonds is 7. The van der Waals surface area contributed by atoms with Gasteiger partial charge in [-0.15, -0.1) is 0 Å². The van der Waals surface area contributed by atoms with Crippen LogP contribution >= 0.6 is 0 Å². The van der Waals surface area contributed by atoms with Crippen molar-refractivity contribution in [1.82, 2.24) is 24.5 Å². The third-order valence-corrected chi connectivity index (χ3v) is 7.37. The lowest BCUT2D eigenvalue weighted by atomic mass is 10.1. The number of hydrogen-bond donors (Lipinski definition) is 0. The third-order valence-electron chi connectivity index (χ3n) is 7.37. The van der Waals surface area contributed by atoms with Crippen LogP contribution in [0.25, 0.3) is 11.3 Å². The molecule has 0 aliphatic carbocycles. The fourth-order valence-corrected chi connectivity index (χ4v) is 5.10. The maximum atomic E-state index is 13.7. The normalized spacial score (nSPS) is 17.3. The molecule has 2 saturated heterocycles. The Morgan fingerprint density at radius 1 is 0.771 bits per heavy atom. The molecule has 0 bridgehead atoms. The van der Waals surface area contributed by atoms with Crippen molar-refractivity contribution in [3.8, 4) is 11.3 Å². The summed E-state index contributed by atoms with van der Waals surface area (Å²) in [5.74, 6) is 0.0925. The summed E-state index contributed by atoms with van der Waals surface area (Å²) in [6.07, 6.45) is 4.61. The van der Waals surface area contributed by atoms with Gasteiger partial charge in [-0.1, -0.05) is 59.7 Å². The molecule has 6 heteroatoms. The van der Waals surface area contributed by atoms with E-state index < -0.39 is 0 Å². The van der Waals surface area contributed by atoms with Gasteiger partial charge < -0.3 is 9.80 Å². The highest BCUT2D eigenvalue weighted by molar-refractivity contribution is 5.99. The largest absolute Gasteiger partial charge is 0.336 e. The Morgan fingerprint density at radius 2 is 1.34 bits per heavy atom. The van der Waals surface area contributed by atoms with Crippen LogP contribution in [-0.4, -0.2) is 82.7 Å². The van der Waals surface area contributed by atoms with Crippen LogP contribution in [0.3, 0.4) is 0 Å². The second kappa shape index (κ2) is 10.8. The van der Waals surface area contributed by atoms with Crippen LogP contribution in [0, 0.1) is 13.8 Å². The molecule has 0 unspecified atom stereocenters. The minimum absolute atomic E-state index is 0.0925. The van der Waals surface area contributed by atoms with Crippen molar-refractivity contribution in [2.24, 2.45) is 0 Å². The molecule has 0 saturated carbocycles. The summed E-state index contributed by atoms with van der Waals surface area (Å²) in [7, 11) is 0. The first-order valence-electron chi connectivity index (χ1n) is 13.0. The molecule has 3 heterocycles. The Kier molecular flexibility index (Phi) is 7.30. The standard InChI is InChI=1S/C29H37N5O/c1-23-5-9-25(10-6-23)21-34-22-27(28(30-34)26-11-7-24(2)8-12-26)29(35)33-19-17-32(18-20-33)16-15-31-13-3-4-14-31/h5-12,22H,3-4,13-21H2,1-2H3. The first kappa shape index (κ1) is 23.8. The Balaban J connectivity index is 1.30. The van der Waals surface area contributed by atoms with E-state index >= 15 is 0 Å². The molecule has 6 nitrogen and oxygen atoms in total. The maximum Gasteiger partial charge on any atom is 0.257 e. The van der Waals surface area contributed by atoms with Crippen molar-refractivity contribution >= 4 is 5.91 Å². The zero-order valence-corrected chi connectivity index (χ0v) is 21.1. The van der Waals surface area contributed by atoms with E-state index in [2.05, 4.69) is 72.2 Å². The Morgan fingerprint density at radius 3 is 1.97 bits per heavy atom. The zero-order valence-electron chi connectivity index (χ0n) is 21.1. The summed E-state index contributed by atoms with van der Waals surface area (Å²) >= 11 is 0. The molecule has 2 fully saturated rings. The van der Waals surface area contributed by atoms with E-state index in [1.165, 1.54) is 42.6 Å². The lowest BCUT2D eigenvalue weighted by Crippen LogP contribution is -2.50. The molecule has 2 aromatic carbocycles. The number of carbonyl (C=O) groups excluding carboxylic acids is 1. The van der Waals surface area contributed by atoms with Gasteiger partial charge in [0.25, 0.3) is 5.91 Å². The number of amides is 1. The van der Waals surface area contributed by atoms with Gasteiger partial charge in [-0.05, 0) is 45.3 Å². The molecule has 184 valence electrons. The minimum atomic E-state index is 0.0925. The summed E-state index contributed by atoms with van der Waals surface area (Å²) in [6.45, 7) is 13.0. The Hall–Kier alpha value is -2.96. The van der Waals surface area contributed by atoms with Crippen LogP contribution in [0.1, 0.15) is 39.9 Å². The molecule has 2 aliphatic rings. The summed E-state index contributed by atoms with van der Waals surface area (Å²) in [5.41, 5.74) is 6.09. The van der Waals surface area contributed by atoms with Gasteiger partial charge in [0.05, 0.1) is 12.1 Å². The van der Waals surface area contributed by atoms with Crippen molar-refractivity contribution in [1.29, 1.82) is 0 Å². The number of nitrogens with zero attached hydrogens (tertiary/aromatic N) is 5. The lowest BCUT2D eigenvalue weighted by molar-refractivity contribution is 0.0627. The predicted molar refractivity (Wildman–Crippen MR) is 141 cm³/mol. The molecular formula is C29H37N5O. The Labute approximate surface area is 209 Å². The summed E-state index contributed by atoms with van der Waals surface area (Å²) in [4.78, 5) is 20.8. The van der Waals surface area contributed by atoms with Crippen LogP contribution in [0.4, 0.5) is 0 Å². The molecular weight excluding hydrogens is 434 g/mol.